The van der Waals surface area contributed by atoms with Crippen LogP contribution in [-0.4, -0.2) is 41.0 Å². The molecule has 7 nitrogen and oxygen atoms in total. The number of piperidine rings is 1. The molecule has 2 aromatic rings. The van der Waals surface area contributed by atoms with Crippen molar-refractivity contribution in [1.82, 2.24) is 14.1 Å². The van der Waals surface area contributed by atoms with E-state index in [1.165, 1.54) is 10.5 Å². The summed E-state index contributed by atoms with van der Waals surface area (Å²) in [6.07, 6.45) is 5.31. The summed E-state index contributed by atoms with van der Waals surface area (Å²) in [6, 6.07) is 7.54. The molecular weight excluding hydrogens is 328 g/mol. The normalized spacial score (nSPS) is 19.1. The zero-order valence-corrected chi connectivity index (χ0v) is 14.2. The van der Waals surface area contributed by atoms with Crippen LogP contribution in [0.4, 0.5) is 5.69 Å². The molecule has 1 amide bonds. The van der Waals surface area contributed by atoms with Gasteiger partial charge in [-0.3, -0.25) is 9.48 Å². The Morgan fingerprint density at radius 1 is 1.25 bits per heavy atom. The Kier molecular flexibility index (Phi) is 4.68. The lowest BCUT2D eigenvalue weighted by molar-refractivity contribution is -0.120. The number of rotatable bonds is 4. The fraction of sp³-hybridized carbons (Fsp3) is 0.375. The van der Waals surface area contributed by atoms with Crippen molar-refractivity contribution >= 4 is 21.6 Å². The molecule has 1 N–H and O–H groups in total. The maximum absolute atomic E-state index is 12.9. The molecule has 3 rings (SSSR count). The number of carbonyl (C=O) groups excluding carboxylic acids is 1. The summed E-state index contributed by atoms with van der Waals surface area (Å²) in [5, 5.41) is 6.76. The molecule has 1 atom stereocenters. The van der Waals surface area contributed by atoms with E-state index >= 15 is 0 Å². The number of benzene rings is 1. The van der Waals surface area contributed by atoms with Gasteiger partial charge in [-0.2, -0.15) is 9.40 Å². The lowest BCUT2D eigenvalue weighted by Crippen LogP contribution is -2.49. The fourth-order valence-corrected chi connectivity index (χ4v) is 4.57. The molecule has 128 valence electrons. The monoisotopic (exact) mass is 348 g/mol. The first-order valence-electron chi connectivity index (χ1n) is 7.85. The van der Waals surface area contributed by atoms with E-state index in [9.17, 15) is 13.2 Å². The summed E-state index contributed by atoms with van der Waals surface area (Å²) in [5.41, 5.74) is 0.560. The molecule has 8 heteroatoms. The van der Waals surface area contributed by atoms with Gasteiger partial charge in [0, 0.05) is 19.8 Å². The molecule has 1 fully saturated rings. The van der Waals surface area contributed by atoms with Gasteiger partial charge in [-0.15, -0.1) is 0 Å². The van der Waals surface area contributed by atoms with Gasteiger partial charge < -0.3 is 5.32 Å². The van der Waals surface area contributed by atoms with Crippen LogP contribution in [0.5, 0.6) is 0 Å². The Morgan fingerprint density at radius 2 is 2.00 bits per heavy atom. The third-order valence-electron chi connectivity index (χ3n) is 4.08. The number of anilines is 1. The topological polar surface area (TPSA) is 84.3 Å². The smallest absolute Gasteiger partial charge is 0.243 e. The molecule has 1 aliphatic heterocycles. The third-order valence-corrected chi connectivity index (χ3v) is 6.00. The highest BCUT2D eigenvalue weighted by molar-refractivity contribution is 7.89. The van der Waals surface area contributed by atoms with Gasteiger partial charge in [0.2, 0.25) is 15.9 Å². The van der Waals surface area contributed by atoms with Gasteiger partial charge in [-0.05, 0) is 25.0 Å². The van der Waals surface area contributed by atoms with Gasteiger partial charge in [0.1, 0.15) is 6.04 Å². The van der Waals surface area contributed by atoms with Crippen molar-refractivity contribution < 1.29 is 13.2 Å². The van der Waals surface area contributed by atoms with Crippen LogP contribution in [0.1, 0.15) is 19.3 Å². The van der Waals surface area contributed by atoms with Crippen LogP contribution in [0.15, 0.2) is 47.6 Å². The molecule has 0 saturated carbocycles. The van der Waals surface area contributed by atoms with Crippen LogP contribution in [0.25, 0.3) is 0 Å². The van der Waals surface area contributed by atoms with E-state index in [1.54, 1.807) is 48.3 Å². The standard InChI is InChI=1S/C16H20N4O3S/c1-19-12-13(11-17-19)18-16(21)15-9-5-6-10-20(15)24(22,23)14-7-3-2-4-8-14/h2-4,7-8,11-12,15H,5-6,9-10H2,1H3,(H,18,21). The minimum absolute atomic E-state index is 0.214. The number of hydrogen-bond acceptors (Lipinski definition) is 4. The van der Waals surface area contributed by atoms with Crippen molar-refractivity contribution in [3.8, 4) is 0 Å². The highest BCUT2D eigenvalue weighted by atomic mass is 32.2. The van der Waals surface area contributed by atoms with Crippen molar-refractivity contribution in [2.45, 2.75) is 30.2 Å². The molecule has 24 heavy (non-hydrogen) atoms. The molecule has 1 aliphatic rings. The second-order valence-electron chi connectivity index (χ2n) is 5.83. The zero-order chi connectivity index (χ0) is 17.2. The highest BCUT2D eigenvalue weighted by Crippen LogP contribution is 2.26. The Bertz CT molecular complexity index is 817. The maximum atomic E-state index is 12.9. The minimum Gasteiger partial charge on any atom is -0.322 e. The average molecular weight is 348 g/mol. The van der Waals surface area contributed by atoms with Crippen molar-refractivity contribution in [3.63, 3.8) is 0 Å². The van der Waals surface area contributed by atoms with E-state index in [4.69, 9.17) is 0 Å². The van der Waals surface area contributed by atoms with Crippen LogP contribution in [-0.2, 0) is 21.9 Å². The van der Waals surface area contributed by atoms with Gasteiger partial charge in [0.15, 0.2) is 0 Å². The maximum Gasteiger partial charge on any atom is 0.243 e. The first-order valence-corrected chi connectivity index (χ1v) is 9.29. The summed E-state index contributed by atoms with van der Waals surface area (Å²) in [5.74, 6) is -0.317. The lowest BCUT2D eigenvalue weighted by Gasteiger charge is -2.33. The zero-order valence-electron chi connectivity index (χ0n) is 13.4. The van der Waals surface area contributed by atoms with Gasteiger partial charge in [-0.1, -0.05) is 24.6 Å². The van der Waals surface area contributed by atoms with Gasteiger partial charge >= 0.3 is 0 Å². The van der Waals surface area contributed by atoms with Crippen LogP contribution in [0, 0.1) is 0 Å². The summed E-state index contributed by atoms with van der Waals surface area (Å²) in [4.78, 5) is 12.8. The minimum atomic E-state index is -3.69. The van der Waals surface area contributed by atoms with Gasteiger partial charge in [0.05, 0.1) is 16.8 Å². The van der Waals surface area contributed by atoms with Crippen LogP contribution in [0.2, 0.25) is 0 Å². The molecule has 2 heterocycles. The fourth-order valence-electron chi connectivity index (χ4n) is 2.89. The van der Waals surface area contributed by atoms with E-state index in [-0.39, 0.29) is 10.8 Å². The number of sulfonamides is 1. The quantitative estimate of drug-likeness (QED) is 0.910. The number of hydrogen-bond donors (Lipinski definition) is 1. The summed E-state index contributed by atoms with van der Waals surface area (Å²) < 4.78 is 28.7. The molecule has 1 aromatic heterocycles. The van der Waals surface area contributed by atoms with E-state index in [0.29, 0.717) is 18.7 Å². The SMILES string of the molecule is Cn1cc(NC(=O)C2CCCCN2S(=O)(=O)c2ccccc2)cn1. The third kappa shape index (κ3) is 3.34. The molecule has 0 radical (unpaired) electrons. The van der Waals surface area contributed by atoms with Crippen molar-refractivity contribution in [2.75, 3.05) is 11.9 Å². The molecule has 1 aromatic carbocycles. The second kappa shape index (κ2) is 6.74. The number of aromatic nitrogens is 2. The predicted octanol–water partition coefficient (Wildman–Crippen LogP) is 1.60. The molecule has 0 spiro atoms. The van der Waals surface area contributed by atoms with E-state index in [0.717, 1.165) is 12.8 Å². The van der Waals surface area contributed by atoms with Crippen LogP contribution in [0.3, 0.4) is 0 Å². The summed E-state index contributed by atoms with van der Waals surface area (Å²) in [7, 11) is -1.94. The van der Waals surface area contributed by atoms with Crippen LogP contribution >= 0.6 is 0 Å². The number of nitrogens with one attached hydrogen (secondary N) is 1. The van der Waals surface area contributed by atoms with Crippen molar-refractivity contribution in [3.05, 3.63) is 42.7 Å². The molecule has 0 bridgehead atoms. The van der Waals surface area contributed by atoms with Gasteiger partial charge in [-0.25, -0.2) is 8.42 Å². The Morgan fingerprint density at radius 3 is 2.67 bits per heavy atom. The van der Waals surface area contributed by atoms with Crippen LogP contribution < -0.4 is 5.32 Å². The second-order valence-corrected chi connectivity index (χ2v) is 7.72. The van der Waals surface area contributed by atoms with Gasteiger partial charge in [0.25, 0.3) is 0 Å². The average Bonchev–Trinajstić information content (AvgIpc) is 3.00. The lowest BCUT2D eigenvalue weighted by atomic mass is 10.0. The number of nitrogens with zero attached hydrogens (tertiary/aromatic N) is 3. The number of amides is 1. The van der Waals surface area contributed by atoms with E-state index in [1.807, 2.05) is 0 Å². The Labute approximate surface area is 141 Å². The summed E-state index contributed by atoms with van der Waals surface area (Å²) in [6.45, 7) is 0.350. The number of aryl methyl sites for hydroxylation is 1. The molecule has 0 aliphatic carbocycles. The summed E-state index contributed by atoms with van der Waals surface area (Å²) >= 11 is 0. The first kappa shape index (κ1) is 16.7. The highest BCUT2D eigenvalue weighted by Gasteiger charge is 2.37. The first-order chi connectivity index (χ1) is 11.5. The molecular formula is C16H20N4O3S. The Balaban J connectivity index is 1.84. The number of carbonyl (C=O) groups is 1. The Hall–Kier alpha value is -2.19. The van der Waals surface area contributed by atoms with E-state index < -0.39 is 16.1 Å². The van der Waals surface area contributed by atoms with Crippen molar-refractivity contribution in [1.29, 1.82) is 0 Å². The molecule has 1 saturated heterocycles. The molecule has 1 unspecified atom stereocenters. The van der Waals surface area contributed by atoms with Crippen molar-refractivity contribution in [2.24, 2.45) is 7.05 Å². The van der Waals surface area contributed by atoms with E-state index in [2.05, 4.69) is 10.4 Å². The largest absolute Gasteiger partial charge is 0.322 e. The predicted molar refractivity (Wildman–Crippen MR) is 89.8 cm³/mol.